The van der Waals surface area contributed by atoms with Gasteiger partial charge >= 0.3 is 0 Å². The quantitative estimate of drug-likeness (QED) is 0.312. The Balaban J connectivity index is 1.32. The number of hydrogen-bond acceptors (Lipinski definition) is 9. The molecule has 10 heteroatoms. The molecule has 0 bridgehead atoms. The first-order valence-corrected chi connectivity index (χ1v) is 13.6. The van der Waals surface area contributed by atoms with Crippen LogP contribution in [0.4, 0.5) is 0 Å². The first-order valence-electron chi connectivity index (χ1n) is 12.8. The zero-order valence-electron chi connectivity index (χ0n) is 21.0. The zero-order chi connectivity index (χ0) is 26.7. The normalized spacial score (nSPS) is 24.6. The molecule has 0 saturated carbocycles. The number of fused-ring (bicyclic) bond motifs is 3. The minimum absolute atomic E-state index is 0.330. The molecule has 7 rings (SSSR count). The summed E-state index contributed by atoms with van der Waals surface area (Å²) in [6.45, 7) is 2.12. The highest BCUT2D eigenvalue weighted by Gasteiger charge is 2.49. The first kappa shape index (κ1) is 24.4. The molecule has 4 heterocycles. The van der Waals surface area contributed by atoms with Crippen LogP contribution < -0.4 is 0 Å². The Morgan fingerprint density at radius 3 is 2.62 bits per heavy atom. The van der Waals surface area contributed by atoms with Gasteiger partial charge in [-0.15, -0.1) is 10.2 Å². The van der Waals surface area contributed by atoms with E-state index in [1.165, 1.54) is 10.8 Å². The second-order valence-corrected chi connectivity index (χ2v) is 11.1. The van der Waals surface area contributed by atoms with Crippen LogP contribution in [0.25, 0.3) is 32.2 Å². The lowest BCUT2D eigenvalue weighted by atomic mass is 9.98. The van der Waals surface area contributed by atoms with Crippen LogP contribution in [0.2, 0.25) is 0 Å². The summed E-state index contributed by atoms with van der Waals surface area (Å²) in [7, 11) is 0. The summed E-state index contributed by atoms with van der Waals surface area (Å²) in [5, 5.41) is 44.0. The Kier molecular flexibility index (Phi) is 5.94. The molecule has 2 aliphatic heterocycles. The van der Waals surface area contributed by atoms with Crippen molar-refractivity contribution in [1.82, 2.24) is 14.8 Å². The van der Waals surface area contributed by atoms with E-state index in [0.717, 1.165) is 37.6 Å². The van der Waals surface area contributed by atoms with E-state index in [1.807, 2.05) is 37.4 Å². The minimum Gasteiger partial charge on any atom is -0.445 e. The highest BCUT2D eigenvalue weighted by molar-refractivity contribution is 7.14. The number of benzene rings is 3. The molecular weight excluding hydrogens is 516 g/mol. The lowest BCUT2D eigenvalue weighted by Gasteiger charge is -2.36. The van der Waals surface area contributed by atoms with Gasteiger partial charge in [0.15, 0.2) is 0 Å². The molecule has 2 aliphatic rings. The summed E-state index contributed by atoms with van der Waals surface area (Å²) in [5.74, 6) is 0.330. The van der Waals surface area contributed by atoms with Gasteiger partial charge in [-0.25, -0.2) is 4.99 Å². The SMILES string of the molecule is Cc1nnc(-c2ccc3c(C4=N[C@H]5[C@@H](O4)O[C@H](CO)[C@@H](O)[C@@H]5O)cn(Cc4ccc5ccccc5c4)c3c2)s1. The van der Waals surface area contributed by atoms with E-state index in [4.69, 9.17) is 9.47 Å². The molecule has 0 aliphatic carbocycles. The maximum atomic E-state index is 10.6. The molecule has 9 nitrogen and oxygen atoms in total. The van der Waals surface area contributed by atoms with Crippen molar-refractivity contribution in [3.8, 4) is 10.6 Å². The lowest BCUT2D eigenvalue weighted by Crippen LogP contribution is -2.56. The highest BCUT2D eigenvalue weighted by atomic mass is 32.1. The molecule has 0 amide bonds. The van der Waals surface area contributed by atoms with Crippen molar-refractivity contribution in [2.45, 2.75) is 44.1 Å². The number of ether oxygens (including phenoxy) is 2. The van der Waals surface area contributed by atoms with Crippen molar-refractivity contribution in [2.75, 3.05) is 6.61 Å². The summed E-state index contributed by atoms with van der Waals surface area (Å²) < 4.78 is 13.9. The van der Waals surface area contributed by atoms with Crippen molar-refractivity contribution in [2.24, 2.45) is 4.99 Å². The number of nitrogens with zero attached hydrogens (tertiary/aromatic N) is 4. The van der Waals surface area contributed by atoms with Crippen LogP contribution in [0, 0.1) is 6.92 Å². The fourth-order valence-corrected chi connectivity index (χ4v) is 6.07. The molecular formula is C29H26N4O5S. The zero-order valence-corrected chi connectivity index (χ0v) is 21.8. The number of aromatic nitrogens is 3. The molecule has 0 radical (unpaired) electrons. The van der Waals surface area contributed by atoms with Crippen LogP contribution in [0.5, 0.6) is 0 Å². The molecule has 2 aromatic heterocycles. The van der Waals surface area contributed by atoms with Gasteiger partial charge in [0.1, 0.15) is 34.4 Å². The molecule has 3 aromatic carbocycles. The van der Waals surface area contributed by atoms with E-state index in [1.54, 1.807) is 11.3 Å². The van der Waals surface area contributed by atoms with Crippen LogP contribution in [0.3, 0.4) is 0 Å². The molecule has 5 aromatic rings. The molecule has 3 N–H and O–H groups in total. The van der Waals surface area contributed by atoms with Gasteiger partial charge in [-0.05, 0) is 35.4 Å². The number of hydrogen-bond donors (Lipinski definition) is 3. The van der Waals surface area contributed by atoms with E-state index in [-0.39, 0.29) is 0 Å². The highest BCUT2D eigenvalue weighted by Crippen LogP contribution is 2.35. The van der Waals surface area contributed by atoms with E-state index < -0.39 is 37.3 Å². The van der Waals surface area contributed by atoms with Gasteiger partial charge < -0.3 is 29.4 Å². The third-order valence-electron chi connectivity index (χ3n) is 7.40. The monoisotopic (exact) mass is 542 g/mol. The fourth-order valence-electron chi connectivity index (χ4n) is 5.38. The number of rotatable bonds is 5. The van der Waals surface area contributed by atoms with E-state index in [2.05, 4.69) is 56.2 Å². The van der Waals surface area contributed by atoms with Crippen LogP contribution in [-0.4, -0.2) is 73.2 Å². The van der Waals surface area contributed by atoms with Gasteiger partial charge in [-0.3, -0.25) is 0 Å². The topological polar surface area (TPSA) is 122 Å². The average molecular weight is 543 g/mol. The van der Waals surface area contributed by atoms with Gasteiger partial charge in [0.2, 0.25) is 12.2 Å². The predicted octanol–water partition coefficient (Wildman–Crippen LogP) is 3.25. The second-order valence-electron chi connectivity index (χ2n) is 9.96. The first-order chi connectivity index (χ1) is 19.0. The van der Waals surface area contributed by atoms with Gasteiger partial charge in [-0.1, -0.05) is 59.9 Å². The smallest absolute Gasteiger partial charge is 0.227 e. The van der Waals surface area contributed by atoms with Crippen LogP contribution >= 0.6 is 11.3 Å². The summed E-state index contributed by atoms with van der Waals surface area (Å²) in [6.07, 6.45) is -2.30. The van der Waals surface area contributed by atoms with Gasteiger partial charge in [-0.2, -0.15) is 0 Å². The second kappa shape index (κ2) is 9.51. The summed E-state index contributed by atoms with van der Waals surface area (Å²) >= 11 is 1.54. The largest absolute Gasteiger partial charge is 0.445 e. The third-order valence-corrected chi connectivity index (χ3v) is 8.28. The van der Waals surface area contributed by atoms with Crippen molar-refractivity contribution in [3.63, 3.8) is 0 Å². The molecule has 39 heavy (non-hydrogen) atoms. The Labute approximate surface area is 227 Å². The lowest BCUT2D eigenvalue weighted by molar-refractivity contribution is -0.234. The maximum Gasteiger partial charge on any atom is 0.227 e. The third kappa shape index (κ3) is 4.21. The summed E-state index contributed by atoms with van der Waals surface area (Å²) in [5.41, 5.74) is 3.84. The summed E-state index contributed by atoms with van der Waals surface area (Å²) in [6, 6.07) is 20.1. The van der Waals surface area contributed by atoms with Crippen molar-refractivity contribution in [1.29, 1.82) is 0 Å². The minimum atomic E-state index is -1.25. The number of aliphatic imine (C=N–C) groups is 1. The predicted molar refractivity (Wildman–Crippen MR) is 148 cm³/mol. The molecule has 0 unspecified atom stereocenters. The van der Waals surface area contributed by atoms with Crippen LogP contribution in [0.15, 0.2) is 71.9 Å². The fraction of sp³-hybridized carbons (Fsp3) is 0.276. The average Bonchev–Trinajstić information content (AvgIpc) is 3.67. The van der Waals surface area contributed by atoms with E-state index in [9.17, 15) is 15.3 Å². The Bertz CT molecular complexity index is 1730. The van der Waals surface area contributed by atoms with Crippen LogP contribution in [0.1, 0.15) is 16.1 Å². The van der Waals surface area contributed by atoms with Gasteiger partial charge in [0.05, 0.1) is 12.2 Å². The van der Waals surface area contributed by atoms with Crippen LogP contribution in [-0.2, 0) is 16.0 Å². The standard InChI is InChI=1S/C29H26N4O5S/c1-15-31-32-28(39-15)19-8-9-20-21(27-30-24-26(36)25(35)23(14-34)37-29(24)38-27)13-33(22(20)11-19)12-16-6-7-17-4-2-3-5-18(17)10-16/h2-11,13,23-26,29,34-36H,12,14H2,1H3/t23-,24-,25-,26-,29-/m1/s1. The Hall–Kier alpha value is -3.67. The molecule has 198 valence electrons. The van der Waals surface area contributed by atoms with Crippen molar-refractivity contribution in [3.05, 3.63) is 83.0 Å². The molecule has 0 spiro atoms. The maximum absolute atomic E-state index is 10.6. The number of aryl methyl sites for hydroxylation is 1. The van der Waals surface area contributed by atoms with Gasteiger partial charge in [0.25, 0.3) is 0 Å². The Morgan fingerprint density at radius 2 is 1.82 bits per heavy atom. The van der Waals surface area contributed by atoms with E-state index >= 15 is 0 Å². The Morgan fingerprint density at radius 1 is 0.974 bits per heavy atom. The molecule has 5 atom stereocenters. The molecule has 1 fully saturated rings. The van der Waals surface area contributed by atoms with Gasteiger partial charge in [0, 0.05) is 29.2 Å². The number of aliphatic hydroxyl groups is 3. The molecule has 1 saturated heterocycles. The van der Waals surface area contributed by atoms with Crippen molar-refractivity contribution < 1.29 is 24.8 Å². The van der Waals surface area contributed by atoms with Crippen molar-refractivity contribution >= 4 is 38.9 Å². The summed E-state index contributed by atoms with van der Waals surface area (Å²) in [4.78, 5) is 4.62. The van der Waals surface area contributed by atoms with E-state index in [0.29, 0.717) is 12.4 Å². The number of aliphatic hydroxyl groups excluding tert-OH is 3.